The second-order valence-electron chi connectivity index (χ2n) is 15.0. The maximum absolute atomic E-state index is 4.98. The van der Waals surface area contributed by atoms with Crippen LogP contribution in [0.3, 0.4) is 0 Å². The molecule has 2 aromatic carbocycles. The molecule has 4 aliphatic rings. The number of imidazole rings is 4. The molecule has 0 spiro atoms. The molecular weight excluding hydrogens is 621 g/mol. The number of hydrogen-bond acceptors (Lipinski definition) is 6. The minimum Gasteiger partial charge on any atom is -0.327 e. The van der Waals surface area contributed by atoms with E-state index in [1.54, 1.807) is 0 Å². The van der Waals surface area contributed by atoms with Crippen LogP contribution >= 0.6 is 0 Å². The Balaban J connectivity index is 0.000000135. The van der Waals surface area contributed by atoms with E-state index in [1.807, 2.05) is 13.1 Å². The molecule has 6 heterocycles. The quantitative estimate of drug-likeness (QED) is 0.213. The molecule has 0 bridgehead atoms. The lowest BCUT2D eigenvalue weighted by Gasteiger charge is -2.36. The zero-order valence-electron chi connectivity index (χ0n) is 30.1. The summed E-state index contributed by atoms with van der Waals surface area (Å²) in [4.78, 5) is 24.2. The predicted molar refractivity (Wildman–Crippen MR) is 198 cm³/mol. The number of hydrogen-bond donors (Lipinski definition) is 0. The summed E-state index contributed by atoms with van der Waals surface area (Å²) >= 11 is 0. The van der Waals surface area contributed by atoms with Gasteiger partial charge in [-0.3, -0.25) is 9.80 Å². The van der Waals surface area contributed by atoms with Gasteiger partial charge in [0, 0.05) is 93.7 Å². The lowest BCUT2D eigenvalue weighted by atomic mass is 9.91. The summed E-state index contributed by atoms with van der Waals surface area (Å²) in [6, 6.07) is 14.9. The highest BCUT2D eigenvalue weighted by Gasteiger charge is 2.28. The molecule has 2 aliphatic heterocycles. The topological polar surface area (TPSA) is 77.8 Å². The third-order valence-electron chi connectivity index (χ3n) is 11.9. The summed E-state index contributed by atoms with van der Waals surface area (Å²) in [6.07, 6.45) is 14.5. The lowest BCUT2D eigenvalue weighted by molar-refractivity contribution is 0.130. The highest BCUT2D eigenvalue weighted by atomic mass is 15.2. The van der Waals surface area contributed by atoms with Gasteiger partial charge >= 0.3 is 0 Å². The number of nitrogens with zero attached hydrogens (tertiary/aromatic N) is 10. The fourth-order valence-corrected chi connectivity index (χ4v) is 8.74. The number of aryl methyl sites for hydroxylation is 4. The summed E-state index contributed by atoms with van der Waals surface area (Å²) < 4.78 is 9.22. The molecule has 10 heteroatoms. The normalized spacial score (nSPS) is 19.0. The smallest absolute Gasteiger partial charge is 0.111 e. The van der Waals surface area contributed by atoms with Gasteiger partial charge in [-0.15, -0.1) is 0 Å². The van der Waals surface area contributed by atoms with E-state index in [4.69, 9.17) is 9.97 Å². The van der Waals surface area contributed by atoms with Crippen LogP contribution in [-0.2, 0) is 25.9 Å². The molecule has 0 atom stereocenters. The molecule has 10 rings (SSSR count). The summed E-state index contributed by atoms with van der Waals surface area (Å²) in [5, 5.41) is 0. The Morgan fingerprint density at radius 2 is 1.16 bits per heavy atom. The van der Waals surface area contributed by atoms with Crippen molar-refractivity contribution in [3.63, 3.8) is 0 Å². The van der Waals surface area contributed by atoms with Gasteiger partial charge in [0.25, 0.3) is 0 Å². The van der Waals surface area contributed by atoms with E-state index in [0.29, 0.717) is 0 Å². The molecule has 0 amide bonds. The van der Waals surface area contributed by atoms with Gasteiger partial charge in [-0.05, 0) is 89.8 Å². The molecule has 10 nitrogen and oxygen atoms in total. The minimum atomic E-state index is 0.828. The van der Waals surface area contributed by atoms with Crippen LogP contribution in [0.4, 0.5) is 0 Å². The van der Waals surface area contributed by atoms with Gasteiger partial charge in [0.05, 0.1) is 27.8 Å². The molecule has 2 saturated carbocycles. The van der Waals surface area contributed by atoms with Gasteiger partial charge < -0.3 is 18.3 Å². The van der Waals surface area contributed by atoms with E-state index in [-0.39, 0.29) is 0 Å². The second kappa shape index (κ2) is 12.8. The average Bonchev–Trinajstić information content (AvgIpc) is 3.71. The van der Waals surface area contributed by atoms with Crippen LogP contribution in [0.5, 0.6) is 0 Å². The van der Waals surface area contributed by atoms with Gasteiger partial charge in [0.2, 0.25) is 0 Å². The first-order valence-corrected chi connectivity index (χ1v) is 18.9. The molecule has 4 aromatic heterocycles. The molecule has 2 fully saturated rings. The molecule has 0 saturated heterocycles. The fourth-order valence-electron chi connectivity index (χ4n) is 8.74. The van der Waals surface area contributed by atoms with Gasteiger partial charge in [0.15, 0.2) is 0 Å². The van der Waals surface area contributed by atoms with Crippen LogP contribution in [-0.4, -0.2) is 86.3 Å². The van der Waals surface area contributed by atoms with Gasteiger partial charge in [-0.1, -0.05) is 12.8 Å². The maximum atomic E-state index is 4.98. The van der Waals surface area contributed by atoms with E-state index >= 15 is 0 Å². The van der Waals surface area contributed by atoms with Gasteiger partial charge in [0.1, 0.15) is 23.3 Å². The predicted octanol–water partition coefficient (Wildman–Crippen LogP) is 6.50. The van der Waals surface area contributed by atoms with Crippen LogP contribution in [0.2, 0.25) is 0 Å². The monoisotopic (exact) mass is 670 g/mol. The summed E-state index contributed by atoms with van der Waals surface area (Å²) in [6.45, 7) is 15.0. The van der Waals surface area contributed by atoms with Crippen molar-refractivity contribution in [3.05, 3.63) is 83.5 Å². The molecule has 0 radical (unpaired) electrons. The van der Waals surface area contributed by atoms with Crippen molar-refractivity contribution in [3.8, 4) is 11.4 Å². The van der Waals surface area contributed by atoms with Crippen molar-refractivity contribution < 1.29 is 0 Å². The Hall–Kier alpha value is -4.28. The number of rotatable bonds is 4. The Kier molecular flexibility index (Phi) is 8.11. The van der Waals surface area contributed by atoms with Crippen molar-refractivity contribution in [2.75, 3.05) is 26.2 Å². The highest BCUT2D eigenvalue weighted by Crippen LogP contribution is 2.30. The minimum absolute atomic E-state index is 0.828. The molecular formula is C40H50N10. The Morgan fingerprint density at radius 3 is 1.64 bits per heavy atom. The van der Waals surface area contributed by atoms with Crippen molar-refractivity contribution in [1.82, 2.24) is 48.0 Å². The third-order valence-corrected chi connectivity index (χ3v) is 11.9. The van der Waals surface area contributed by atoms with Crippen LogP contribution in [0.1, 0.15) is 73.2 Å². The molecule has 6 aromatic rings. The van der Waals surface area contributed by atoms with Gasteiger partial charge in [-0.2, -0.15) is 0 Å². The van der Waals surface area contributed by atoms with E-state index in [9.17, 15) is 0 Å². The van der Waals surface area contributed by atoms with Crippen molar-refractivity contribution in [2.24, 2.45) is 0 Å². The third kappa shape index (κ3) is 5.66. The molecule has 2 aliphatic carbocycles. The SMILES string of the molecule is Cc1cn(-c2ccc3c(c2)nc2n3CCN(C3CCC3)CC2)c(C)n1.Cc1cnc(C)n1-c1ccc2c(c1)nc1n2CCN(C2CCC2)CC1. The van der Waals surface area contributed by atoms with Crippen molar-refractivity contribution >= 4 is 22.1 Å². The first-order chi connectivity index (χ1) is 24.4. The number of aromatic nitrogens is 8. The largest absolute Gasteiger partial charge is 0.327 e. The average molecular weight is 671 g/mol. The van der Waals surface area contributed by atoms with Gasteiger partial charge in [-0.25, -0.2) is 19.9 Å². The molecule has 260 valence electrons. The van der Waals surface area contributed by atoms with Crippen LogP contribution in [0.15, 0.2) is 48.8 Å². The van der Waals surface area contributed by atoms with E-state index in [0.717, 1.165) is 110 Å². The van der Waals surface area contributed by atoms with Crippen LogP contribution < -0.4 is 0 Å². The number of fused-ring (bicyclic) bond motifs is 6. The molecule has 50 heavy (non-hydrogen) atoms. The zero-order valence-corrected chi connectivity index (χ0v) is 30.1. The van der Waals surface area contributed by atoms with Crippen molar-refractivity contribution in [1.29, 1.82) is 0 Å². The van der Waals surface area contributed by atoms with Crippen LogP contribution in [0.25, 0.3) is 33.4 Å². The highest BCUT2D eigenvalue weighted by molar-refractivity contribution is 5.79. The summed E-state index contributed by atoms with van der Waals surface area (Å²) in [7, 11) is 0. The Labute approximate surface area is 294 Å². The Morgan fingerprint density at radius 1 is 0.600 bits per heavy atom. The molecule has 0 N–H and O–H groups in total. The summed E-state index contributed by atoms with van der Waals surface area (Å²) in [5.74, 6) is 4.53. The second-order valence-corrected chi connectivity index (χ2v) is 15.0. The standard InChI is InChI=1S/2C20H25N5/c1-14-13-25(15(2)21-14)17-6-7-19-18(12-17)22-20-8-9-23(10-11-24(19)20)16-4-3-5-16;1-14-13-21-15(2)25(14)17-6-7-19-18(12-17)22-20-8-9-23(10-11-24(19)20)16-4-3-5-16/h2*6-7,12-13,16H,3-5,8-11H2,1-2H3. The first kappa shape index (κ1) is 31.7. The number of benzene rings is 2. The molecule has 0 unspecified atom stereocenters. The fraction of sp³-hybridized carbons (Fsp3) is 0.500. The maximum Gasteiger partial charge on any atom is 0.111 e. The van der Waals surface area contributed by atoms with E-state index in [1.165, 1.54) is 61.2 Å². The first-order valence-electron chi connectivity index (χ1n) is 18.9. The van der Waals surface area contributed by atoms with Crippen molar-refractivity contribution in [2.45, 2.75) is 104 Å². The summed E-state index contributed by atoms with van der Waals surface area (Å²) in [5.41, 5.74) is 9.27. The van der Waals surface area contributed by atoms with Crippen LogP contribution in [0, 0.1) is 27.7 Å². The Bertz CT molecular complexity index is 2150. The van der Waals surface area contributed by atoms with E-state index < -0.39 is 0 Å². The lowest BCUT2D eigenvalue weighted by Crippen LogP contribution is -2.41. The van der Waals surface area contributed by atoms with E-state index in [2.05, 4.69) is 101 Å². The zero-order chi connectivity index (χ0) is 33.9.